The van der Waals surface area contributed by atoms with Crippen molar-refractivity contribution in [2.45, 2.75) is 26.7 Å². The van der Waals surface area contributed by atoms with Gasteiger partial charge in [0.25, 0.3) is 5.91 Å². The van der Waals surface area contributed by atoms with E-state index in [0.717, 1.165) is 31.5 Å². The van der Waals surface area contributed by atoms with Crippen LogP contribution < -0.4 is 0 Å². The number of benzene rings is 1. The standard InChI is InChI=1S/C21H27N3O3/c1-15-6-5-7-17(10-15)19(26)24-12-18-11-23(16(2)25)13-21(18,14-24)20(27)22-8-3-4-9-22/h5-7,10,18H,3-4,8-9,11-14H2,1-2H3/t18-,21-/m0/s1. The molecule has 144 valence electrons. The van der Waals surface area contributed by atoms with E-state index in [1.165, 1.54) is 0 Å². The van der Waals surface area contributed by atoms with Gasteiger partial charge in [-0.2, -0.15) is 0 Å². The Morgan fingerprint density at radius 2 is 1.67 bits per heavy atom. The molecule has 0 radical (unpaired) electrons. The van der Waals surface area contributed by atoms with E-state index in [-0.39, 0.29) is 23.6 Å². The van der Waals surface area contributed by atoms with Crippen molar-refractivity contribution < 1.29 is 14.4 Å². The zero-order valence-corrected chi connectivity index (χ0v) is 16.1. The quantitative estimate of drug-likeness (QED) is 0.794. The van der Waals surface area contributed by atoms with E-state index >= 15 is 0 Å². The minimum absolute atomic E-state index is 0.00885. The first-order valence-corrected chi connectivity index (χ1v) is 9.81. The summed E-state index contributed by atoms with van der Waals surface area (Å²) in [6.45, 7) is 7.05. The van der Waals surface area contributed by atoms with Gasteiger partial charge in [-0.15, -0.1) is 0 Å². The summed E-state index contributed by atoms with van der Waals surface area (Å²) in [5.41, 5.74) is 1.07. The van der Waals surface area contributed by atoms with Crippen molar-refractivity contribution >= 4 is 17.7 Å². The molecule has 1 aromatic carbocycles. The Bertz CT molecular complexity index is 787. The highest BCUT2D eigenvalue weighted by molar-refractivity contribution is 5.96. The van der Waals surface area contributed by atoms with Crippen LogP contribution in [0, 0.1) is 18.3 Å². The molecule has 1 aromatic rings. The molecule has 27 heavy (non-hydrogen) atoms. The first-order valence-electron chi connectivity index (χ1n) is 9.81. The minimum Gasteiger partial charge on any atom is -0.342 e. The molecule has 2 atom stereocenters. The average molecular weight is 369 g/mol. The van der Waals surface area contributed by atoms with Crippen molar-refractivity contribution in [3.05, 3.63) is 35.4 Å². The van der Waals surface area contributed by atoms with Gasteiger partial charge < -0.3 is 14.7 Å². The zero-order valence-electron chi connectivity index (χ0n) is 16.1. The average Bonchev–Trinajstić information content (AvgIpc) is 3.35. The Labute approximate surface area is 160 Å². The van der Waals surface area contributed by atoms with E-state index < -0.39 is 5.41 Å². The summed E-state index contributed by atoms with van der Waals surface area (Å²) in [7, 11) is 0. The molecule has 4 rings (SSSR count). The van der Waals surface area contributed by atoms with Gasteiger partial charge in [0.2, 0.25) is 11.8 Å². The van der Waals surface area contributed by atoms with E-state index in [4.69, 9.17) is 0 Å². The Kier molecular flexibility index (Phi) is 4.44. The van der Waals surface area contributed by atoms with E-state index in [0.29, 0.717) is 31.7 Å². The third-order valence-corrected chi connectivity index (χ3v) is 6.43. The lowest BCUT2D eigenvalue weighted by atomic mass is 9.79. The van der Waals surface area contributed by atoms with Gasteiger partial charge in [-0.1, -0.05) is 17.7 Å². The molecule has 3 saturated heterocycles. The van der Waals surface area contributed by atoms with Crippen molar-refractivity contribution in [3.8, 4) is 0 Å². The second-order valence-electron chi connectivity index (χ2n) is 8.31. The van der Waals surface area contributed by atoms with Crippen LogP contribution in [-0.4, -0.2) is 71.7 Å². The lowest BCUT2D eigenvalue weighted by Gasteiger charge is -2.32. The molecule has 0 aromatic heterocycles. The normalized spacial score (nSPS) is 27.2. The van der Waals surface area contributed by atoms with Crippen LogP contribution in [0.4, 0.5) is 0 Å². The Morgan fingerprint density at radius 3 is 2.33 bits per heavy atom. The van der Waals surface area contributed by atoms with E-state index in [1.54, 1.807) is 11.8 Å². The van der Waals surface area contributed by atoms with Gasteiger partial charge in [-0.05, 0) is 31.9 Å². The predicted molar refractivity (Wildman–Crippen MR) is 101 cm³/mol. The number of amides is 3. The number of hydrogen-bond acceptors (Lipinski definition) is 3. The van der Waals surface area contributed by atoms with Crippen molar-refractivity contribution in [2.24, 2.45) is 11.3 Å². The Hall–Kier alpha value is -2.37. The van der Waals surface area contributed by atoms with Crippen LogP contribution in [0.3, 0.4) is 0 Å². The monoisotopic (exact) mass is 369 g/mol. The summed E-state index contributed by atoms with van der Waals surface area (Å²) < 4.78 is 0. The Morgan fingerprint density at radius 1 is 1.00 bits per heavy atom. The Balaban J connectivity index is 1.61. The van der Waals surface area contributed by atoms with Crippen LogP contribution in [0.5, 0.6) is 0 Å². The molecule has 3 fully saturated rings. The molecule has 6 nitrogen and oxygen atoms in total. The number of fused-ring (bicyclic) bond motifs is 1. The molecule has 3 heterocycles. The van der Waals surface area contributed by atoms with Crippen molar-refractivity contribution in [3.63, 3.8) is 0 Å². The lowest BCUT2D eigenvalue weighted by Crippen LogP contribution is -2.49. The molecule has 0 spiro atoms. The summed E-state index contributed by atoms with van der Waals surface area (Å²) in [5.74, 6) is 0.141. The number of aryl methyl sites for hydroxylation is 1. The first kappa shape index (κ1) is 18.0. The maximum absolute atomic E-state index is 13.4. The molecule has 3 aliphatic heterocycles. The largest absolute Gasteiger partial charge is 0.342 e. The topological polar surface area (TPSA) is 60.9 Å². The fraction of sp³-hybridized carbons (Fsp3) is 0.571. The number of hydrogen-bond donors (Lipinski definition) is 0. The van der Waals surface area contributed by atoms with Gasteiger partial charge >= 0.3 is 0 Å². The van der Waals surface area contributed by atoms with Crippen LogP contribution in [0.15, 0.2) is 24.3 Å². The molecule has 0 N–H and O–H groups in total. The molecular weight excluding hydrogens is 342 g/mol. The number of rotatable bonds is 2. The van der Waals surface area contributed by atoms with Gasteiger partial charge in [0.15, 0.2) is 0 Å². The predicted octanol–water partition coefficient (Wildman–Crippen LogP) is 1.54. The van der Waals surface area contributed by atoms with Crippen LogP contribution in [-0.2, 0) is 9.59 Å². The fourth-order valence-electron chi connectivity index (χ4n) is 4.96. The highest BCUT2D eigenvalue weighted by atomic mass is 16.2. The van der Waals surface area contributed by atoms with Gasteiger partial charge in [0, 0.05) is 57.7 Å². The highest BCUT2D eigenvalue weighted by Gasteiger charge is 2.59. The van der Waals surface area contributed by atoms with Gasteiger partial charge in [0.1, 0.15) is 0 Å². The molecule has 0 unspecified atom stereocenters. The molecule has 0 bridgehead atoms. The summed E-state index contributed by atoms with van der Waals surface area (Å²) in [5, 5.41) is 0. The molecule has 3 aliphatic rings. The summed E-state index contributed by atoms with van der Waals surface area (Å²) in [6, 6.07) is 7.59. The summed E-state index contributed by atoms with van der Waals surface area (Å²) in [6.07, 6.45) is 2.07. The van der Waals surface area contributed by atoms with Crippen LogP contribution in [0.1, 0.15) is 35.7 Å². The second-order valence-corrected chi connectivity index (χ2v) is 8.31. The van der Waals surface area contributed by atoms with Crippen molar-refractivity contribution in [1.82, 2.24) is 14.7 Å². The van der Waals surface area contributed by atoms with Gasteiger partial charge in [-0.25, -0.2) is 0 Å². The minimum atomic E-state index is -0.643. The lowest BCUT2D eigenvalue weighted by molar-refractivity contribution is -0.141. The third-order valence-electron chi connectivity index (χ3n) is 6.43. The molecule has 0 aliphatic carbocycles. The number of carbonyl (C=O) groups excluding carboxylic acids is 3. The van der Waals surface area contributed by atoms with Gasteiger partial charge in [-0.3, -0.25) is 14.4 Å². The summed E-state index contributed by atoms with van der Waals surface area (Å²) in [4.78, 5) is 44.0. The van der Waals surface area contributed by atoms with Crippen LogP contribution >= 0.6 is 0 Å². The van der Waals surface area contributed by atoms with Crippen molar-refractivity contribution in [2.75, 3.05) is 39.3 Å². The van der Waals surface area contributed by atoms with Crippen LogP contribution in [0.2, 0.25) is 0 Å². The molecule has 3 amide bonds. The first-order chi connectivity index (χ1) is 12.9. The second kappa shape index (κ2) is 6.66. The van der Waals surface area contributed by atoms with Crippen molar-refractivity contribution in [1.29, 1.82) is 0 Å². The number of likely N-dealkylation sites (tertiary alicyclic amines) is 3. The third kappa shape index (κ3) is 3.01. The maximum Gasteiger partial charge on any atom is 0.253 e. The SMILES string of the molecule is CC(=O)N1C[C@H]2CN(C(=O)c3cccc(C)c3)C[C@@]2(C(=O)N2CCCC2)C1. The maximum atomic E-state index is 13.4. The number of carbonyl (C=O) groups is 3. The number of nitrogens with zero attached hydrogens (tertiary/aromatic N) is 3. The van der Waals surface area contributed by atoms with E-state index in [1.807, 2.05) is 41.0 Å². The van der Waals surface area contributed by atoms with Crippen LogP contribution in [0.25, 0.3) is 0 Å². The van der Waals surface area contributed by atoms with E-state index in [9.17, 15) is 14.4 Å². The molecule has 6 heteroatoms. The van der Waals surface area contributed by atoms with Gasteiger partial charge in [0.05, 0.1) is 5.41 Å². The highest BCUT2D eigenvalue weighted by Crippen LogP contribution is 2.45. The van der Waals surface area contributed by atoms with E-state index in [2.05, 4.69) is 0 Å². The zero-order chi connectivity index (χ0) is 19.2. The molecule has 0 saturated carbocycles. The smallest absolute Gasteiger partial charge is 0.253 e. The molecular formula is C21H27N3O3. The fourth-order valence-corrected chi connectivity index (χ4v) is 4.96. The summed E-state index contributed by atoms with van der Waals surface area (Å²) >= 11 is 0.